The molecule has 1 aliphatic rings. The van der Waals surface area contributed by atoms with E-state index >= 15 is 0 Å². The standard InChI is InChI=1S/C15H24N4O3S/c1-11-5-7-19(8-6-11)12(2)9-18-15(20)13-3-4-14(17-10-13)23(16,21)22/h3-4,10-12H,5-9H2,1-2H3,(H,18,20)(H2,16,21,22)/t12-/m1/s1. The highest BCUT2D eigenvalue weighted by Crippen LogP contribution is 2.17. The highest BCUT2D eigenvalue weighted by molar-refractivity contribution is 7.89. The molecule has 0 aliphatic carbocycles. The number of aromatic nitrogens is 1. The SMILES string of the molecule is CC1CCN([C@H](C)CNC(=O)c2ccc(S(N)(=O)=O)nc2)CC1. The van der Waals surface area contributed by atoms with Crippen molar-refractivity contribution in [2.45, 2.75) is 37.8 Å². The second kappa shape index (κ2) is 7.37. The number of pyridine rings is 1. The Bertz CT molecular complexity index is 637. The maximum Gasteiger partial charge on any atom is 0.255 e. The Morgan fingerprint density at radius 1 is 1.43 bits per heavy atom. The van der Waals surface area contributed by atoms with Crippen molar-refractivity contribution in [1.82, 2.24) is 15.2 Å². The Balaban J connectivity index is 1.87. The average Bonchev–Trinajstić information content (AvgIpc) is 2.52. The van der Waals surface area contributed by atoms with Crippen molar-refractivity contribution in [2.24, 2.45) is 11.1 Å². The van der Waals surface area contributed by atoms with Gasteiger partial charge in [-0.1, -0.05) is 6.92 Å². The summed E-state index contributed by atoms with van der Waals surface area (Å²) in [5, 5.41) is 7.60. The zero-order valence-corrected chi connectivity index (χ0v) is 14.3. The van der Waals surface area contributed by atoms with Crippen molar-refractivity contribution in [3.05, 3.63) is 23.9 Å². The fourth-order valence-electron chi connectivity index (χ4n) is 2.62. The first kappa shape index (κ1) is 17.8. The fraction of sp³-hybridized carbons (Fsp3) is 0.600. The quantitative estimate of drug-likeness (QED) is 0.815. The molecule has 1 atom stereocenters. The van der Waals surface area contributed by atoms with E-state index in [1.165, 1.54) is 31.2 Å². The minimum atomic E-state index is -3.84. The van der Waals surface area contributed by atoms with Crippen LogP contribution in [0.4, 0.5) is 0 Å². The molecule has 23 heavy (non-hydrogen) atoms. The minimum Gasteiger partial charge on any atom is -0.350 e. The number of carbonyl (C=O) groups excluding carboxylic acids is 1. The number of likely N-dealkylation sites (tertiary alicyclic amines) is 1. The van der Waals surface area contributed by atoms with Gasteiger partial charge in [0.25, 0.3) is 15.9 Å². The number of amides is 1. The van der Waals surface area contributed by atoms with E-state index in [0.29, 0.717) is 12.1 Å². The van der Waals surface area contributed by atoms with Gasteiger partial charge in [-0.25, -0.2) is 18.5 Å². The molecule has 0 bridgehead atoms. The van der Waals surface area contributed by atoms with E-state index in [0.717, 1.165) is 19.0 Å². The number of primary sulfonamides is 1. The first-order valence-electron chi connectivity index (χ1n) is 7.78. The van der Waals surface area contributed by atoms with Gasteiger partial charge in [0.2, 0.25) is 0 Å². The zero-order chi connectivity index (χ0) is 17.0. The molecule has 1 aromatic heterocycles. The van der Waals surface area contributed by atoms with Gasteiger partial charge in [-0.3, -0.25) is 9.69 Å². The van der Waals surface area contributed by atoms with Crippen LogP contribution >= 0.6 is 0 Å². The van der Waals surface area contributed by atoms with Crippen LogP contribution in [0.2, 0.25) is 0 Å². The Labute approximate surface area is 137 Å². The first-order chi connectivity index (χ1) is 10.8. The lowest BCUT2D eigenvalue weighted by molar-refractivity contribution is 0.0921. The Morgan fingerprint density at radius 2 is 2.09 bits per heavy atom. The average molecular weight is 340 g/mol. The lowest BCUT2D eigenvalue weighted by atomic mass is 9.98. The van der Waals surface area contributed by atoms with E-state index in [2.05, 4.69) is 29.0 Å². The molecule has 7 nitrogen and oxygen atoms in total. The van der Waals surface area contributed by atoms with Gasteiger partial charge in [-0.2, -0.15) is 0 Å². The van der Waals surface area contributed by atoms with Crippen molar-refractivity contribution >= 4 is 15.9 Å². The molecule has 1 aromatic rings. The molecule has 1 amide bonds. The van der Waals surface area contributed by atoms with Crippen LogP contribution in [0.1, 0.15) is 37.0 Å². The summed E-state index contributed by atoms with van der Waals surface area (Å²) in [5.74, 6) is 0.507. The van der Waals surface area contributed by atoms with Gasteiger partial charge in [-0.05, 0) is 50.9 Å². The van der Waals surface area contributed by atoms with Crippen LogP contribution in [0.25, 0.3) is 0 Å². The summed E-state index contributed by atoms with van der Waals surface area (Å²) in [6.45, 7) is 7.02. The van der Waals surface area contributed by atoms with Gasteiger partial charge in [0.05, 0.1) is 5.56 Å². The monoisotopic (exact) mass is 340 g/mol. The van der Waals surface area contributed by atoms with E-state index in [1.807, 2.05) is 0 Å². The number of nitrogens with zero attached hydrogens (tertiary/aromatic N) is 2. The van der Waals surface area contributed by atoms with Crippen LogP contribution in [-0.4, -0.2) is 49.9 Å². The predicted molar refractivity (Wildman–Crippen MR) is 87.4 cm³/mol. The third kappa shape index (κ3) is 4.98. The summed E-state index contributed by atoms with van der Waals surface area (Å²) in [7, 11) is -3.84. The Kier molecular flexibility index (Phi) is 5.72. The topological polar surface area (TPSA) is 105 Å². The predicted octanol–water partition coefficient (Wildman–Crippen LogP) is 0.579. The maximum atomic E-state index is 12.1. The van der Waals surface area contributed by atoms with Crippen molar-refractivity contribution in [3.63, 3.8) is 0 Å². The molecule has 0 aromatic carbocycles. The van der Waals surface area contributed by atoms with Crippen molar-refractivity contribution < 1.29 is 13.2 Å². The first-order valence-corrected chi connectivity index (χ1v) is 9.33. The summed E-state index contributed by atoms with van der Waals surface area (Å²) in [5.41, 5.74) is 0.317. The van der Waals surface area contributed by atoms with Crippen molar-refractivity contribution in [3.8, 4) is 0 Å². The molecule has 1 fully saturated rings. The van der Waals surface area contributed by atoms with E-state index in [-0.39, 0.29) is 17.0 Å². The molecule has 2 heterocycles. The van der Waals surface area contributed by atoms with Crippen molar-refractivity contribution in [1.29, 1.82) is 0 Å². The Morgan fingerprint density at radius 3 is 2.61 bits per heavy atom. The second-order valence-corrected chi connectivity index (χ2v) is 7.72. The summed E-state index contributed by atoms with van der Waals surface area (Å²) >= 11 is 0. The molecule has 0 unspecified atom stereocenters. The number of nitrogens with two attached hydrogens (primary N) is 1. The lowest BCUT2D eigenvalue weighted by Crippen LogP contribution is -2.45. The summed E-state index contributed by atoms with van der Waals surface area (Å²) in [6, 6.07) is 2.91. The van der Waals surface area contributed by atoms with Gasteiger partial charge in [0, 0.05) is 18.8 Å². The van der Waals surface area contributed by atoms with E-state index in [1.54, 1.807) is 0 Å². The summed E-state index contributed by atoms with van der Waals surface area (Å²) < 4.78 is 22.3. The highest BCUT2D eigenvalue weighted by atomic mass is 32.2. The summed E-state index contributed by atoms with van der Waals surface area (Å²) in [6.07, 6.45) is 3.61. The van der Waals surface area contributed by atoms with Gasteiger partial charge in [-0.15, -0.1) is 0 Å². The maximum absolute atomic E-state index is 12.1. The number of hydrogen-bond donors (Lipinski definition) is 2. The largest absolute Gasteiger partial charge is 0.350 e. The highest BCUT2D eigenvalue weighted by Gasteiger charge is 2.20. The molecule has 3 N–H and O–H groups in total. The van der Waals surface area contributed by atoms with Crippen LogP contribution in [0.3, 0.4) is 0 Å². The number of hydrogen-bond acceptors (Lipinski definition) is 5. The second-order valence-electron chi connectivity index (χ2n) is 6.21. The molecule has 0 saturated carbocycles. The normalized spacial score (nSPS) is 18.6. The van der Waals surface area contributed by atoms with Crippen LogP contribution in [-0.2, 0) is 10.0 Å². The molecule has 0 spiro atoms. The van der Waals surface area contributed by atoms with Gasteiger partial charge in [0.15, 0.2) is 5.03 Å². The third-order valence-corrected chi connectivity index (χ3v) is 5.11. The molecule has 1 aliphatic heterocycles. The van der Waals surface area contributed by atoms with Gasteiger partial charge >= 0.3 is 0 Å². The summed E-state index contributed by atoms with van der Waals surface area (Å²) in [4.78, 5) is 18.2. The van der Waals surface area contributed by atoms with Crippen LogP contribution in [0.5, 0.6) is 0 Å². The van der Waals surface area contributed by atoms with E-state index in [4.69, 9.17) is 5.14 Å². The number of carbonyl (C=O) groups is 1. The molecule has 8 heteroatoms. The molecular formula is C15H24N4O3S. The smallest absolute Gasteiger partial charge is 0.255 e. The van der Waals surface area contributed by atoms with Crippen molar-refractivity contribution in [2.75, 3.05) is 19.6 Å². The number of piperidine rings is 1. The fourth-order valence-corrected chi connectivity index (χ4v) is 3.08. The molecule has 2 rings (SSSR count). The Hall–Kier alpha value is -1.51. The number of rotatable bonds is 5. The van der Waals surface area contributed by atoms with E-state index < -0.39 is 10.0 Å². The molecule has 128 valence electrons. The van der Waals surface area contributed by atoms with Crippen LogP contribution in [0, 0.1) is 5.92 Å². The van der Waals surface area contributed by atoms with Crippen LogP contribution < -0.4 is 10.5 Å². The zero-order valence-electron chi connectivity index (χ0n) is 13.5. The third-order valence-electron chi connectivity index (χ3n) is 4.29. The van der Waals surface area contributed by atoms with Gasteiger partial charge in [0.1, 0.15) is 0 Å². The molecule has 0 radical (unpaired) electrons. The number of nitrogens with one attached hydrogen (secondary N) is 1. The van der Waals surface area contributed by atoms with Crippen LogP contribution in [0.15, 0.2) is 23.4 Å². The molecule has 1 saturated heterocycles. The lowest BCUT2D eigenvalue weighted by Gasteiger charge is -2.35. The van der Waals surface area contributed by atoms with Gasteiger partial charge < -0.3 is 5.32 Å². The number of sulfonamides is 1. The van der Waals surface area contributed by atoms with E-state index in [9.17, 15) is 13.2 Å². The minimum absolute atomic E-state index is 0.246. The molecular weight excluding hydrogens is 316 g/mol.